The number of ketones is 1. The molecule has 0 saturated carbocycles. The van der Waals surface area contributed by atoms with Gasteiger partial charge in [-0.2, -0.15) is 0 Å². The molecule has 0 amide bonds. The van der Waals surface area contributed by atoms with E-state index in [1.807, 2.05) is 0 Å². The first-order valence-electron chi connectivity index (χ1n) is 10.5. The number of thiazole rings is 1. The van der Waals surface area contributed by atoms with Crippen LogP contribution in [0.2, 0.25) is 5.02 Å². The first kappa shape index (κ1) is 22.9. The Labute approximate surface area is 208 Å². The molecular weight excluding hydrogens is 491 g/mol. The number of halogens is 2. The van der Waals surface area contributed by atoms with Crippen molar-refractivity contribution < 1.29 is 24.1 Å². The van der Waals surface area contributed by atoms with Crippen LogP contribution in [0.5, 0.6) is 17.4 Å². The molecule has 0 unspecified atom stereocenters. The SMILES string of the molecule is COc1ccccc1CC(=O)c1c(O)c(O)n(-c2nc3ccc(Cl)cc3s2)c1-c1ccc(F)cc1. The topological polar surface area (TPSA) is 84.6 Å². The highest BCUT2D eigenvalue weighted by Gasteiger charge is 2.30. The van der Waals surface area contributed by atoms with E-state index in [0.29, 0.717) is 32.5 Å². The standard InChI is InChI=1S/C26H18ClFN2O4S/c1-34-20-5-3-2-4-15(20)12-19(31)22-23(14-6-9-17(28)10-7-14)30(25(33)24(22)32)26-29-18-11-8-16(27)13-21(18)35-26/h2-11,13,32-33H,12H2,1H3. The van der Waals surface area contributed by atoms with Crippen molar-refractivity contribution in [3.8, 4) is 33.8 Å². The lowest BCUT2D eigenvalue weighted by Crippen LogP contribution is -2.07. The molecule has 3 aromatic carbocycles. The third-order valence-electron chi connectivity index (χ3n) is 5.59. The molecule has 0 radical (unpaired) electrons. The van der Waals surface area contributed by atoms with Gasteiger partial charge in [0.25, 0.3) is 0 Å². The molecule has 5 rings (SSSR count). The average Bonchev–Trinajstić information content (AvgIpc) is 3.37. The number of aromatic hydroxyl groups is 2. The average molecular weight is 509 g/mol. The molecular formula is C26H18ClFN2O4S. The zero-order valence-electron chi connectivity index (χ0n) is 18.3. The third-order valence-corrected chi connectivity index (χ3v) is 6.83. The van der Waals surface area contributed by atoms with Crippen LogP contribution < -0.4 is 4.74 Å². The minimum absolute atomic E-state index is 0.0926. The van der Waals surface area contributed by atoms with Crippen LogP contribution in [0.3, 0.4) is 0 Å². The second kappa shape index (κ2) is 9.05. The van der Waals surface area contributed by atoms with Crippen molar-refractivity contribution >= 4 is 38.9 Å². The number of nitrogens with zero attached hydrogens (tertiary/aromatic N) is 2. The zero-order valence-corrected chi connectivity index (χ0v) is 19.9. The molecule has 35 heavy (non-hydrogen) atoms. The maximum absolute atomic E-state index is 13.7. The Morgan fingerprint density at radius 2 is 1.86 bits per heavy atom. The van der Waals surface area contributed by atoms with Crippen LogP contribution in [0, 0.1) is 5.82 Å². The molecule has 176 valence electrons. The number of carbonyl (C=O) groups excluding carboxylic acids is 1. The molecule has 0 atom stereocenters. The van der Waals surface area contributed by atoms with Crippen LogP contribution in [0.1, 0.15) is 15.9 Å². The highest BCUT2D eigenvalue weighted by molar-refractivity contribution is 7.20. The molecule has 2 aromatic heterocycles. The fourth-order valence-electron chi connectivity index (χ4n) is 3.97. The summed E-state index contributed by atoms with van der Waals surface area (Å²) in [5.41, 5.74) is 1.77. The van der Waals surface area contributed by atoms with E-state index in [1.54, 1.807) is 42.5 Å². The molecule has 9 heteroatoms. The Bertz CT molecular complexity index is 1580. The fraction of sp³-hybridized carbons (Fsp3) is 0.0769. The third kappa shape index (κ3) is 4.11. The summed E-state index contributed by atoms with van der Waals surface area (Å²) in [4.78, 5) is 18.1. The lowest BCUT2D eigenvalue weighted by molar-refractivity contribution is 0.0990. The van der Waals surface area contributed by atoms with Gasteiger partial charge < -0.3 is 14.9 Å². The number of fused-ring (bicyclic) bond motifs is 1. The molecule has 0 fully saturated rings. The van der Waals surface area contributed by atoms with Crippen LogP contribution >= 0.6 is 22.9 Å². The molecule has 6 nitrogen and oxygen atoms in total. The summed E-state index contributed by atoms with van der Waals surface area (Å²) in [5, 5.41) is 22.7. The van der Waals surface area contributed by atoms with E-state index in [2.05, 4.69) is 4.98 Å². The van der Waals surface area contributed by atoms with Crippen molar-refractivity contribution in [2.75, 3.05) is 7.11 Å². The van der Waals surface area contributed by atoms with E-state index in [1.165, 1.54) is 47.3 Å². The number of para-hydroxylation sites is 1. The van der Waals surface area contributed by atoms with E-state index >= 15 is 0 Å². The molecule has 2 heterocycles. The smallest absolute Gasteiger partial charge is 0.242 e. The molecule has 0 saturated heterocycles. The highest BCUT2D eigenvalue weighted by Crippen LogP contribution is 2.45. The van der Waals surface area contributed by atoms with E-state index in [-0.39, 0.29) is 17.7 Å². The van der Waals surface area contributed by atoms with Crippen molar-refractivity contribution in [2.45, 2.75) is 6.42 Å². The van der Waals surface area contributed by atoms with Gasteiger partial charge >= 0.3 is 0 Å². The van der Waals surface area contributed by atoms with Crippen LogP contribution in [-0.4, -0.2) is 32.7 Å². The Morgan fingerprint density at radius 1 is 1.11 bits per heavy atom. The predicted molar refractivity (Wildman–Crippen MR) is 134 cm³/mol. The molecule has 0 aliphatic heterocycles. The predicted octanol–water partition coefficient (Wildman–Crippen LogP) is 6.39. The Hall–Kier alpha value is -3.88. The summed E-state index contributed by atoms with van der Waals surface area (Å²) in [5.74, 6) is -1.52. The number of benzene rings is 3. The number of ether oxygens (including phenoxy) is 1. The van der Waals surface area contributed by atoms with E-state index in [0.717, 1.165) is 4.70 Å². The molecule has 5 aromatic rings. The molecule has 0 aliphatic carbocycles. The van der Waals surface area contributed by atoms with Crippen LogP contribution in [0.4, 0.5) is 4.39 Å². The second-order valence-corrected chi connectivity index (χ2v) is 9.20. The minimum atomic E-state index is -0.582. The van der Waals surface area contributed by atoms with Crippen LogP contribution in [-0.2, 0) is 6.42 Å². The number of carbonyl (C=O) groups is 1. The quantitative estimate of drug-likeness (QED) is 0.259. The number of Topliss-reactive ketones (excluding diaryl/α,β-unsaturated/α-hetero) is 1. The van der Waals surface area contributed by atoms with Crippen molar-refractivity contribution in [1.29, 1.82) is 0 Å². The number of hydrogen-bond donors (Lipinski definition) is 2. The van der Waals surface area contributed by atoms with Crippen molar-refractivity contribution in [1.82, 2.24) is 9.55 Å². The van der Waals surface area contributed by atoms with Crippen LogP contribution in [0.15, 0.2) is 66.7 Å². The van der Waals surface area contributed by atoms with Crippen molar-refractivity contribution in [3.05, 3.63) is 88.7 Å². The van der Waals surface area contributed by atoms with E-state index in [9.17, 15) is 19.4 Å². The van der Waals surface area contributed by atoms with E-state index < -0.39 is 23.2 Å². The summed E-state index contributed by atoms with van der Waals surface area (Å²) in [6, 6.07) is 17.7. The van der Waals surface area contributed by atoms with Gasteiger partial charge in [-0.05, 0) is 54.1 Å². The lowest BCUT2D eigenvalue weighted by atomic mass is 9.99. The molecule has 2 N–H and O–H groups in total. The van der Waals surface area contributed by atoms with Gasteiger partial charge in [0.05, 0.1) is 28.6 Å². The Morgan fingerprint density at radius 3 is 2.60 bits per heavy atom. The fourth-order valence-corrected chi connectivity index (χ4v) is 5.22. The lowest BCUT2D eigenvalue weighted by Gasteiger charge is -2.11. The second-order valence-electron chi connectivity index (χ2n) is 7.76. The van der Waals surface area contributed by atoms with E-state index in [4.69, 9.17) is 16.3 Å². The summed E-state index contributed by atoms with van der Waals surface area (Å²) in [6.45, 7) is 0. The summed E-state index contributed by atoms with van der Waals surface area (Å²) in [7, 11) is 1.51. The van der Waals surface area contributed by atoms with Crippen molar-refractivity contribution in [3.63, 3.8) is 0 Å². The first-order chi connectivity index (χ1) is 16.9. The maximum atomic E-state index is 13.7. The van der Waals surface area contributed by atoms with Gasteiger partial charge in [-0.15, -0.1) is 0 Å². The summed E-state index contributed by atoms with van der Waals surface area (Å²) >= 11 is 7.34. The van der Waals surface area contributed by atoms with Gasteiger partial charge in [0.15, 0.2) is 16.7 Å². The molecule has 0 spiro atoms. The van der Waals surface area contributed by atoms with Gasteiger partial charge in [-0.25, -0.2) is 9.37 Å². The molecule has 0 aliphatic rings. The van der Waals surface area contributed by atoms with Gasteiger partial charge in [0, 0.05) is 17.0 Å². The number of rotatable bonds is 6. The van der Waals surface area contributed by atoms with Gasteiger partial charge in [-0.3, -0.25) is 9.36 Å². The van der Waals surface area contributed by atoms with Gasteiger partial charge in [0.1, 0.15) is 11.6 Å². The number of hydrogen-bond acceptors (Lipinski definition) is 6. The highest BCUT2D eigenvalue weighted by atomic mass is 35.5. The summed E-state index contributed by atoms with van der Waals surface area (Å²) < 4.78 is 21.1. The maximum Gasteiger partial charge on any atom is 0.242 e. The van der Waals surface area contributed by atoms with Crippen LogP contribution in [0.25, 0.3) is 26.6 Å². The number of methoxy groups -OCH3 is 1. The number of aromatic nitrogens is 2. The zero-order chi connectivity index (χ0) is 24.7. The van der Waals surface area contributed by atoms with Gasteiger partial charge in [0.2, 0.25) is 5.88 Å². The minimum Gasteiger partial charge on any atom is -0.503 e. The first-order valence-corrected chi connectivity index (χ1v) is 11.7. The summed E-state index contributed by atoms with van der Waals surface area (Å²) in [6.07, 6.45) is -0.0926. The molecule has 0 bridgehead atoms. The van der Waals surface area contributed by atoms with Crippen molar-refractivity contribution in [2.24, 2.45) is 0 Å². The van der Waals surface area contributed by atoms with Gasteiger partial charge in [-0.1, -0.05) is 41.1 Å². The Kier molecular flexibility index (Phi) is 5.92. The largest absolute Gasteiger partial charge is 0.503 e. The normalized spacial score (nSPS) is 11.2. The Balaban J connectivity index is 1.72. The monoisotopic (exact) mass is 508 g/mol.